The van der Waals surface area contributed by atoms with Crippen LogP contribution in [0.4, 0.5) is 0 Å². The van der Waals surface area contributed by atoms with E-state index in [0.29, 0.717) is 0 Å². The van der Waals surface area contributed by atoms with Crippen LogP contribution in [-0.2, 0) is 6.54 Å². The second-order valence-electron chi connectivity index (χ2n) is 3.07. The third-order valence-electron chi connectivity index (χ3n) is 2.14. The molecule has 1 N–H and O–H groups in total. The first-order valence-corrected chi connectivity index (χ1v) is 4.52. The Labute approximate surface area is 71.2 Å². The molecule has 1 aromatic rings. The molecule has 0 aromatic carbocycles. The van der Waals surface area contributed by atoms with E-state index >= 15 is 0 Å². The molecule has 1 aliphatic carbocycles. The van der Waals surface area contributed by atoms with Crippen LogP contribution in [0.15, 0.2) is 6.07 Å². The summed E-state index contributed by atoms with van der Waals surface area (Å²) in [6.45, 7) is 3.05. The fraction of sp³-hybridized carbons (Fsp3) is 0.625. The molecule has 1 heterocycles. The molecule has 2 rings (SSSR count). The van der Waals surface area contributed by atoms with Crippen molar-refractivity contribution in [1.82, 2.24) is 9.78 Å². The maximum absolute atomic E-state index is 5.15. The molecule has 0 radical (unpaired) electrons. The van der Waals surface area contributed by atoms with Crippen LogP contribution >= 0.6 is 12.2 Å². The van der Waals surface area contributed by atoms with Gasteiger partial charge in [-0.2, -0.15) is 0 Å². The number of aromatic amines is 1. The Morgan fingerprint density at radius 2 is 2.45 bits per heavy atom. The van der Waals surface area contributed by atoms with Gasteiger partial charge in [0.1, 0.15) is 4.64 Å². The molecular weight excluding hydrogens is 156 g/mol. The zero-order valence-corrected chi connectivity index (χ0v) is 7.45. The molecule has 1 aliphatic rings. The van der Waals surface area contributed by atoms with Gasteiger partial charge in [0.05, 0.1) is 0 Å². The molecule has 2 nitrogen and oxygen atoms in total. The number of hydrogen-bond donors (Lipinski definition) is 1. The van der Waals surface area contributed by atoms with Gasteiger partial charge in [-0.1, -0.05) is 12.2 Å². The first kappa shape index (κ1) is 7.10. The summed E-state index contributed by atoms with van der Waals surface area (Å²) in [7, 11) is 0. The van der Waals surface area contributed by atoms with Crippen LogP contribution in [-0.4, -0.2) is 9.78 Å². The van der Waals surface area contributed by atoms with Gasteiger partial charge in [-0.25, -0.2) is 0 Å². The molecule has 0 bridgehead atoms. The summed E-state index contributed by atoms with van der Waals surface area (Å²) in [4.78, 5) is 0. The first-order valence-electron chi connectivity index (χ1n) is 4.11. The van der Waals surface area contributed by atoms with Crippen LogP contribution in [0.25, 0.3) is 0 Å². The first-order chi connectivity index (χ1) is 5.31. The summed E-state index contributed by atoms with van der Waals surface area (Å²) in [6.07, 6.45) is 2.66. The summed E-state index contributed by atoms with van der Waals surface area (Å²) in [6, 6.07) is 2.09. The smallest absolute Gasteiger partial charge is 0.122 e. The fourth-order valence-corrected chi connectivity index (χ4v) is 1.59. The topological polar surface area (TPSA) is 20.7 Å². The van der Waals surface area contributed by atoms with Crippen LogP contribution in [0, 0.1) is 4.64 Å². The van der Waals surface area contributed by atoms with Gasteiger partial charge >= 0.3 is 0 Å². The SMILES string of the molecule is CCn1[nH]c(C2CC2)cc1=S. The number of aromatic nitrogens is 2. The summed E-state index contributed by atoms with van der Waals surface area (Å²) in [5.41, 5.74) is 1.33. The second kappa shape index (κ2) is 2.48. The molecular formula is C8H12N2S. The van der Waals surface area contributed by atoms with Gasteiger partial charge in [0.25, 0.3) is 0 Å². The van der Waals surface area contributed by atoms with Crippen molar-refractivity contribution >= 4 is 12.2 Å². The molecule has 1 fully saturated rings. The lowest BCUT2D eigenvalue weighted by Crippen LogP contribution is -1.96. The quantitative estimate of drug-likeness (QED) is 0.673. The van der Waals surface area contributed by atoms with Crippen molar-refractivity contribution < 1.29 is 0 Å². The highest BCUT2D eigenvalue weighted by molar-refractivity contribution is 7.71. The van der Waals surface area contributed by atoms with E-state index in [9.17, 15) is 0 Å². The van der Waals surface area contributed by atoms with Crippen molar-refractivity contribution in [3.05, 3.63) is 16.4 Å². The Bertz CT molecular complexity index is 306. The number of nitrogens with one attached hydrogen (secondary N) is 1. The number of nitrogens with zero attached hydrogens (tertiary/aromatic N) is 1. The molecule has 0 atom stereocenters. The maximum atomic E-state index is 5.15. The number of rotatable bonds is 2. The largest absolute Gasteiger partial charge is 0.301 e. The van der Waals surface area contributed by atoms with Gasteiger partial charge in [-0.15, -0.1) is 0 Å². The van der Waals surface area contributed by atoms with Gasteiger partial charge in [-0.05, 0) is 25.8 Å². The van der Waals surface area contributed by atoms with E-state index in [1.165, 1.54) is 18.5 Å². The number of aryl methyl sites for hydroxylation is 1. The Kier molecular flexibility index (Phi) is 1.60. The zero-order valence-electron chi connectivity index (χ0n) is 6.63. The zero-order chi connectivity index (χ0) is 7.84. The molecule has 3 heteroatoms. The predicted molar refractivity (Wildman–Crippen MR) is 47.3 cm³/mol. The van der Waals surface area contributed by atoms with Gasteiger partial charge in [0.15, 0.2) is 0 Å². The van der Waals surface area contributed by atoms with E-state index in [2.05, 4.69) is 18.1 Å². The summed E-state index contributed by atoms with van der Waals surface area (Å²) >= 11 is 5.15. The van der Waals surface area contributed by atoms with E-state index in [-0.39, 0.29) is 0 Å². The van der Waals surface area contributed by atoms with E-state index in [1.807, 2.05) is 4.68 Å². The number of hydrogen-bond acceptors (Lipinski definition) is 1. The highest BCUT2D eigenvalue weighted by atomic mass is 32.1. The lowest BCUT2D eigenvalue weighted by molar-refractivity contribution is 0.640. The van der Waals surface area contributed by atoms with Gasteiger partial charge in [-0.3, -0.25) is 4.68 Å². The molecule has 0 aliphatic heterocycles. The van der Waals surface area contributed by atoms with Crippen LogP contribution in [0.2, 0.25) is 0 Å². The van der Waals surface area contributed by atoms with E-state index in [0.717, 1.165) is 17.1 Å². The summed E-state index contributed by atoms with van der Waals surface area (Å²) in [5.74, 6) is 0.782. The molecule has 0 saturated heterocycles. The molecule has 60 valence electrons. The average molecular weight is 168 g/mol. The second-order valence-corrected chi connectivity index (χ2v) is 3.49. The normalized spacial score (nSPS) is 17.2. The van der Waals surface area contributed by atoms with Gasteiger partial charge < -0.3 is 5.10 Å². The Balaban J connectivity index is 2.36. The Morgan fingerprint density at radius 3 is 2.91 bits per heavy atom. The van der Waals surface area contributed by atoms with Crippen LogP contribution in [0.3, 0.4) is 0 Å². The molecule has 11 heavy (non-hydrogen) atoms. The highest BCUT2D eigenvalue weighted by Gasteiger charge is 2.25. The Morgan fingerprint density at radius 1 is 1.73 bits per heavy atom. The molecule has 1 aromatic heterocycles. The minimum Gasteiger partial charge on any atom is -0.301 e. The van der Waals surface area contributed by atoms with Crippen molar-refractivity contribution in [1.29, 1.82) is 0 Å². The third kappa shape index (κ3) is 1.25. The lowest BCUT2D eigenvalue weighted by atomic mass is 10.3. The van der Waals surface area contributed by atoms with Crippen molar-refractivity contribution in [3.63, 3.8) is 0 Å². The summed E-state index contributed by atoms with van der Waals surface area (Å²) < 4.78 is 2.96. The summed E-state index contributed by atoms with van der Waals surface area (Å²) in [5, 5.41) is 3.31. The van der Waals surface area contributed by atoms with E-state index in [1.54, 1.807) is 0 Å². The standard InChI is InChI=1S/C8H12N2S/c1-2-10-8(11)5-7(9-10)6-3-4-6/h5-6,9H,2-4H2,1H3. The van der Waals surface area contributed by atoms with Crippen molar-refractivity contribution in [3.8, 4) is 0 Å². The molecule has 0 amide bonds. The van der Waals surface area contributed by atoms with Crippen molar-refractivity contribution in [2.75, 3.05) is 0 Å². The minimum absolute atomic E-state index is 0.782. The molecule has 0 unspecified atom stereocenters. The van der Waals surface area contributed by atoms with Crippen LogP contribution in [0.5, 0.6) is 0 Å². The van der Waals surface area contributed by atoms with E-state index < -0.39 is 0 Å². The van der Waals surface area contributed by atoms with Gasteiger partial charge in [0.2, 0.25) is 0 Å². The number of H-pyrrole nitrogens is 1. The third-order valence-corrected chi connectivity index (χ3v) is 2.48. The predicted octanol–water partition coefficient (Wildman–Crippen LogP) is 2.44. The van der Waals surface area contributed by atoms with Crippen molar-refractivity contribution in [2.45, 2.75) is 32.2 Å². The van der Waals surface area contributed by atoms with E-state index in [4.69, 9.17) is 12.2 Å². The minimum atomic E-state index is 0.782. The van der Waals surface area contributed by atoms with Gasteiger partial charge in [0, 0.05) is 18.2 Å². The van der Waals surface area contributed by atoms with Crippen LogP contribution < -0.4 is 0 Å². The Hall–Kier alpha value is -0.570. The van der Waals surface area contributed by atoms with Crippen molar-refractivity contribution in [2.24, 2.45) is 0 Å². The van der Waals surface area contributed by atoms with Crippen LogP contribution in [0.1, 0.15) is 31.4 Å². The fourth-order valence-electron chi connectivity index (χ4n) is 1.29. The average Bonchev–Trinajstić information content (AvgIpc) is 2.76. The monoisotopic (exact) mass is 168 g/mol. The molecule has 1 saturated carbocycles. The molecule has 0 spiro atoms. The lowest BCUT2D eigenvalue weighted by Gasteiger charge is -1.95. The highest BCUT2D eigenvalue weighted by Crippen LogP contribution is 2.38. The maximum Gasteiger partial charge on any atom is 0.122 e.